The second kappa shape index (κ2) is 6.64. The van der Waals surface area contributed by atoms with Crippen molar-refractivity contribution in [3.8, 4) is 11.3 Å². The van der Waals surface area contributed by atoms with Crippen LogP contribution < -0.4 is 0 Å². The molecule has 0 radical (unpaired) electrons. The van der Waals surface area contributed by atoms with Crippen LogP contribution in [0.4, 0.5) is 0 Å². The van der Waals surface area contributed by atoms with Crippen LogP contribution in [0.25, 0.3) is 54.7 Å². The van der Waals surface area contributed by atoms with E-state index in [9.17, 15) is 0 Å². The smallest absolute Gasteiger partial charge is 0.116 e. The average Bonchev–Trinajstić information content (AvgIpc) is 3.11. The van der Waals surface area contributed by atoms with E-state index < -0.39 is 0 Å². The summed E-state index contributed by atoms with van der Waals surface area (Å²) in [6, 6.07) is 26.1. The molecule has 0 saturated heterocycles. The van der Waals surface area contributed by atoms with Crippen LogP contribution in [0.1, 0.15) is 25.3 Å². The first kappa shape index (κ1) is 18.1. The topological polar surface area (TPSA) is 30.7 Å². The quantitative estimate of drug-likeness (QED) is 0.307. The minimum Gasteiger partial charge on any atom is -0.340 e. The SMILES string of the molecule is CC(C)c1cc(-c2ncnc3c4ccc5ccccc5c4n(C)c23)cc2ccccc12. The molecule has 6 rings (SSSR count). The number of hydrogen-bond donors (Lipinski definition) is 0. The number of aryl methyl sites for hydroxylation is 1. The van der Waals surface area contributed by atoms with Gasteiger partial charge in [-0.15, -0.1) is 0 Å². The molecule has 0 saturated carbocycles. The summed E-state index contributed by atoms with van der Waals surface area (Å²) in [5.41, 5.74) is 6.78. The summed E-state index contributed by atoms with van der Waals surface area (Å²) in [6.07, 6.45) is 1.70. The van der Waals surface area contributed by atoms with Crippen molar-refractivity contribution in [2.75, 3.05) is 0 Å². The molecule has 0 aliphatic heterocycles. The molecule has 0 unspecified atom stereocenters. The van der Waals surface area contributed by atoms with Gasteiger partial charge in [0.2, 0.25) is 0 Å². The van der Waals surface area contributed by atoms with Crippen molar-refractivity contribution in [2.45, 2.75) is 19.8 Å². The van der Waals surface area contributed by atoms with E-state index in [1.165, 1.54) is 38.0 Å². The molecule has 0 aliphatic rings. The fourth-order valence-corrected chi connectivity index (χ4v) is 4.98. The molecule has 150 valence electrons. The van der Waals surface area contributed by atoms with Gasteiger partial charge in [-0.2, -0.15) is 0 Å². The first-order valence-corrected chi connectivity index (χ1v) is 10.8. The predicted octanol–water partition coefficient (Wildman–Crippen LogP) is 7.22. The summed E-state index contributed by atoms with van der Waals surface area (Å²) in [6.45, 7) is 4.51. The van der Waals surface area contributed by atoms with Crippen LogP contribution in [0.5, 0.6) is 0 Å². The van der Waals surface area contributed by atoms with Crippen LogP contribution in [-0.4, -0.2) is 14.5 Å². The Morgan fingerprint density at radius 3 is 2.26 bits per heavy atom. The van der Waals surface area contributed by atoms with Crippen molar-refractivity contribution in [3.63, 3.8) is 0 Å². The van der Waals surface area contributed by atoms with Gasteiger partial charge in [-0.3, -0.25) is 0 Å². The van der Waals surface area contributed by atoms with Crippen LogP contribution in [0.3, 0.4) is 0 Å². The van der Waals surface area contributed by atoms with Gasteiger partial charge in [0, 0.05) is 23.4 Å². The maximum Gasteiger partial charge on any atom is 0.116 e. The lowest BCUT2D eigenvalue weighted by molar-refractivity contribution is 0.876. The molecule has 0 aliphatic carbocycles. The fourth-order valence-electron chi connectivity index (χ4n) is 4.98. The van der Waals surface area contributed by atoms with Crippen molar-refractivity contribution in [3.05, 3.63) is 84.7 Å². The number of aromatic nitrogens is 3. The van der Waals surface area contributed by atoms with Gasteiger partial charge in [0.05, 0.1) is 16.7 Å². The Bertz CT molecular complexity index is 1620. The number of fused-ring (bicyclic) bond motifs is 6. The van der Waals surface area contributed by atoms with Crippen molar-refractivity contribution < 1.29 is 0 Å². The van der Waals surface area contributed by atoms with Crippen LogP contribution in [0.15, 0.2) is 79.1 Å². The van der Waals surface area contributed by atoms with E-state index in [2.05, 4.69) is 98.3 Å². The van der Waals surface area contributed by atoms with E-state index in [0.29, 0.717) is 5.92 Å². The van der Waals surface area contributed by atoms with E-state index >= 15 is 0 Å². The fraction of sp³-hybridized carbons (Fsp3) is 0.143. The van der Waals surface area contributed by atoms with Gasteiger partial charge >= 0.3 is 0 Å². The van der Waals surface area contributed by atoms with Crippen LogP contribution >= 0.6 is 0 Å². The number of rotatable bonds is 2. The maximum atomic E-state index is 4.79. The third-order valence-corrected chi connectivity index (χ3v) is 6.44. The van der Waals surface area contributed by atoms with Gasteiger partial charge < -0.3 is 4.57 Å². The summed E-state index contributed by atoms with van der Waals surface area (Å²) in [5.74, 6) is 0.429. The number of hydrogen-bond acceptors (Lipinski definition) is 2. The summed E-state index contributed by atoms with van der Waals surface area (Å²) in [4.78, 5) is 9.50. The largest absolute Gasteiger partial charge is 0.340 e. The number of benzene rings is 4. The van der Waals surface area contributed by atoms with E-state index in [4.69, 9.17) is 9.97 Å². The van der Waals surface area contributed by atoms with Crippen LogP contribution in [0, 0.1) is 0 Å². The molecule has 0 N–H and O–H groups in total. The van der Waals surface area contributed by atoms with Crippen molar-refractivity contribution in [1.29, 1.82) is 0 Å². The molecule has 0 fully saturated rings. The molecule has 2 heterocycles. The Balaban J connectivity index is 1.74. The molecule has 0 amide bonds. The van der Waals surface area contributed by atoms with E-state index in [1.807, 2.05) is 0 Å². The second-order valence-corrected chi connectivity index (χ2v) is 8.60. The molecule has 6 aromatic rings. The number of nitrogens with zero attached hydrogens (tertiary/aromatic N) is 3. The molecule has 2 aromatic heterocycles. The Kier molecular flexibility index (Phi) is 3.87. The van der Waals surface area contributed by atoms with Gasteiger partial charge in [-0.25, -0.2) is 9.97 Å². The van der Waals surface area contributed by atoms with Gasteiger partial charge in [0.25, 0.3) is 0 Å². The highest BCUT2D eigenvalue weighted by molar-refractivity contribution is 6.18. The van der Waals surface area contributed by atoms with Gasteiger partial charge in [-0.05, 0) is 45.8 Å². The lowest BCUT2D eigenvalue weighted by Crippen LogP contribution is -1.96. The first-order chi connectivity index (χ1) is 15.1. The summed E-state index contributed by atoms with van der Waals surface area (Å²) < 4.78 is 2.27. The molecule has 4 aromatic carbocycles. The van der Waals surface area contributed by atoms with E-state index in [-0.39, 0.29) is 0 Å². The predicted molar refractivity (Wildman–Crippen MR) is 131 cm³/mol. The summed E-state index contributed by atoms with van der Waals surface area (Å²) in [5, 5.41) is 6.22. The minimum absolute atomic E-state index is 0.429. The molecule has 0 bridgehead atoms. The highest BCUT2D eigenvalue weighted by Gasteiger charge is 2.18. The van der Waals surface area contributed by atoms with Crippen molar-refractivity contribution in [2.24, 2.45) is 7.05 Å². The van der Waals surface area contributed by atoms with Gasteiger partial charge in [0.15, 0.2) is 0 Å². The summed E-state index contributed by atoms with van der Waals surface area (Å²) >= 11 is 0. The third-order valence-electron chi connectivity index (χ3n) is 6.44. The average molecular weight is 402 g/mol. The Morgan fingerprint density at radius 1 is 0.710 bits per heavy atom. The van der Waals surface area contributed by atoms with Crippen molar-refractivity contribution >= 4 is 43.5 Å². The molecule has 0 atom stereocenters. The molecule has 3 heteroatoms. The molecular formula is C28H23N3. The van der Waals surface area contributed by atoms with Crippen LogP contribution in [-0.2, 0) is 7.05 Å². The third kappa shape index (κ3) is 2.59. The Labute approximate surface area is 181 Å². The highest BCUT2D eigenvalue weighted by atomic mass is 15.0. The maximum absolute atomic E-state index is 4.79. The monoisotopic (exact) mass is 401 g/mol. The highest BCUT2D eigenvalue weighted by Crippen LogP contribution is 2.38. The Morgan fingerprint density at radius 2 is 1.45 bits per heavy atom. The summed E-state index contributed by atoms with van der Waals surface area (Å²) in [7, 11) is 2.13. The normalized spacial score (nSPS) is 12.0. The Hall–Kier alpha value is -3.72. The lowest BCUT2D eigenvalue weighted by atomic mass is 9.92. The zero-order valence-electron chi connectivity index (χ0n) is 17.9. The first-order valence-electron chi connectivity index (χ1n) is 10.8. The van der Waals surface area contributed by atoms with Crippen molar-refractivity contribution in [1.82, 2.24) is 14.5 Å². The van der Waals surface area contributed by atoms with Crippen LogP contribution in [0.2, 0.25) is 0 Å². The van der Waals surface area contributed by atoms with E-state index in [0.717, 1.165) is 22.3 Å². The molecular weight excluding hydrogens is 378 g/mol. The lowest BCUT2D eigenvalue weighted by Gasteiger charge is -2.14. The van der Waals surface area contributed by atoms with Gasteiger partial charge in [0.1, 0.15) is 11.8 Å². The van der Waals surface area contributed by atoms with Gasteiger partial charge in [-0.1, -0.05) is 68.4 Å². The minimum atomic E-state index is 0.429. The molecule has 31 heavy (non-hydrogen) atoms. The second-order valence-electron chi connectivity index (χ2n) is 8.60. The zero-order valence-corrected chi connectivity index (χ0v) is 17.9. The zero-order chi connectivity index (χ0) is 21.1. The standard InChI is InChI=1S/C28H23N3/c1-17(2)24-15-20(14-19-9-5-6-10-21(19)24)25-28-26(30-16-29-25)23-13-12-18-8-4-7-11-22(18)27(23)31(28)3/h4-17H,1-3H3. The molecule has 0 spiro atoms. The molecule has 3 nitrogen and oxygen atoms in total. The van der Waals surface area contributed by atoms with E-state index in [1.54, 1.807) is 6.33 Å².